The number of carbonyl (C=O) groups is 2. The van der Waals surface area contributed by atoms with Gasteiger partial charge in [0.25, 0.3) is 0 Å². The van der Waals surface area contributed by atoms with Crippen LogP contribution >= 0.6 is 0 Å². The number of rotatable bonds is 3. The van der Waals surface area contributed by atoms with Crippen molar-refractivity contribution in [3.05, 3.63) is 48.3 Å². The molecule has 0 spiro atoms. The number of oxazole rings is 1. The highest BCUT2D eigenvalue weighted by Crippen LogP contribution is 2.27. The van der Waals surface area contributed by atoms with Gasteiger partial charge in [0.15, 0.2) is 5.58 Å². The van der Waals surface area contributed by atoms with E-state index >= 15 is 0 Å². The molecule has 7 nitrogen and oxygen atoms in total. The Morgan fingerprint density at radius 3 is 2.54 bits per heavy atom. The monoisotopic (exact) mass is 383 g/mol. The Morgan fingerprint density at radius 2 is 1.86 bits per heavy atom. The molecule has 1 aromatic heterocycles. The normalized spacial score (nSPS) is 15.0. The number of benzene rings is 2. The zero-order chi connectivity index (χ0) is 19.7. The molecule has 0 saturated carbocycles. The molecule has 0 aliphatic carbocycles. The van der Waals surface area contributed by atoms with Crippen molar-refractivity contribution in [3.63, 3.8) is 0 Å². The minimum absolute atomic E-state index is 0.276. The summed E-state index contributed by atoms with van der Waals surface area (Å²) in [4.78, 5) is 29.4. The molecule has 144 valence electrons. The number of amides is 2. The van der Waals surface area contributed by atoms with Crippen LogP contribution in [0.15, 0.2) is 46.9 Å². The van der Waals surface area contributed by atoms with Gasteiger partial charge in [-0.2, -0.15) is 0 Å². The van der Waals surface area contributed by atoms with Gasteiger partial charge in [-0.05, 0) is 49.2 Å². The maximum absolute atomic E-state index is 13.1. The van der Waals surface area contributed by atoms with E-state index in [1.54, 1.807) is 35.2 Å². The van der Waals surface area contributed by atoms with Crippen LogP contribution in [0.5, 0.6) is 0 Å². The van der Waals surface area contributed by atoms with E-state index in [0.29, 0.717) is 54.2 Å². The quantitative estimate of drug-likeness (QED) is 0.714. The van der Waals surface area contributed by atoms with E-state index in [1.807, 2.05) is 0 Å². The fourth-order valence-corrected chi connectivity index (χ4v) is 3.25. The summed E-state index contributed by atoms with van der Waals surface area (Å²) < 4.78 is 18.8. The number of halogens is 1. The van der Waals surface area contributed by atoms with E-state index in [-0.39, 0.29) is 17.8 Å². The first-order valence-electron chi connectivity index (χ1n) is 8.95. The average Bonchev–Trinajstić information content (AvgIpc) is 3.12. The Labute approximate surface area is 159 Å². The number of likely N-dealkylation sites (tertiary alicyclic amines) is 1. The smallest absolute Gasteiger partial charge is 0.321 e. The van der Waals surface area contributed by atoms with Crippen molar-refractivity contribution in [2.24, 2.45) is 5.92 Å². The lowest BCUT2D eigenvalue weighted by molar-refractivity contribution is -0.143. The Morgan fingerprint density at radius 1 is 1.14 bits per heavy atom. The molecule has 1 aliphatic heterocycles. The fraction of sp³-hybridized carbons (Fsp3) is 0.250. The highest BCUT2D eigenvalue weighted by atomic mass is 19.1. The molecule has 1 saturated heterocycles. The lowest BCUT2D eigenvalue weighted by Crippen LogP contribution is -2.42. The third kappa shape index (κ3) is 3.66. The number of carbonyl (C=O) groups excluding carboxylic acids is 1. The Bertz CT molecular complexity index is 1020. The van der Waals surface area contributed by atoms with Gasteiger partial charge in [-0.3, -0.25) is 4.79 Å². The maximum Gasteiger partial charge on any atom is 0.321 e. The first kappa shape index (κ1) is 18.0. The van der Waals surface area contributed by atoms with Crippen LogP contribution in [0.3, 0.4) is 0 Å². The highest BCUT2D eigenvalue weighted by Gasteiger charge is 2.27. The molecule has 1 aliphatic rings. The van der Waals surface area contributed by atoms with Gasteiger partial charge in [0, 0.05) is 30.4 Å². The van der Waals surface area contributed by atoms with Crippen molar-refractivity contribution in [2.75, 3.05) is 18.4 Å². The minimum atomic E-state index is -0.812. The summed E-state index contributed by atoms with van der Waals surface area (Å²) in [5.74, 6) is -1.17. The average molecular weight is 383 g/mol. The molecule has 2 heterocycles. The predicted molar refractivity (Wildman–Crippen MR) is 100 cm³/mol. The number of fused-ring (bicyclic) bond motifs is 1. The molecule has 4 rings (SSSR count). The molecule has 28 heavy (non-hydrogen) atoms. The van der Waals surface area contributed by atoms with E-state index < -0.39 is 5.97 Å². The summed E-state index contributed by atoms with van der Waals surface area (Å²) in [6.07, 6.45) is 0.899. The first-order valence-corrected chi connectivity index (χ1v) is 8.95. The molecule has 0 bridgehead atoms. The molecule has 8 heteroatoms. The summed E-state index contributed by atoms with van der Waals surface area (Å²) in [6.45, 7) is 0.810. The molecule has 1 fully saturated rings. The standard InChI is InChI=1S/C20H18FN3O4/c21-14-3-1-12(2-4-14)18-23-16-6-5-15(11-17(16)28-18)22-20(27)24-9-7-13(8-10-24)19(25)26/h1-6,11,13H,7-10H2,(H,22,27)(H,25,26). The highest BCUT2D eigenvalue weighted by molar-refractivity contribution is 5.92. The van der Waals surface area contributed by atoms with Gasteiger partial charge in [0.05, 0.1) is 5.92 Å². The topological polar surface area (TPSA) is 95.7 Å². The summed E-state index contributed by atoms with van der Waals surface area (Å²) in [5, 5.41) is 11.8. The van der Waals surface area contributed by atoms with Gasteiger partial charge in [0.2, 0.25) is 5.89 Å². The van der Waals surface area contributed by atoms with Crippen LogP contribution in [-0.2, 0) is 4.79 Å². The molecule has 0 radical (unpaired) electrons. The lowest BCUT2D eigenvalue weighted by Gasteiger charge is -2.30. The number of anilines is 1. The molecule has 2 N–H and O–H groups in total. The van der Waals surface area contributed by atoms with Crippen LogP contribution in [0.1, 0.15) is 12.8 Å². The minimum Gasteiger partial charge on any atom is -0.481 e. The van der Waals surface area contributed by atoms with E-state index in [0.717, 1.165) is 0 Å². The third-order valence-corrected chi connectivity index (χ3v) is 4.86. The van der Waals surface area contributed by atoms with Crippen LogP contribution < -0.4 is 5.32 Å². The van der Waals surface area contributed by atoms with E-state index in [2.05, 4.69) is 10.3 Å². The van der Waals surface area contributed by atoms with Crippen molar-refractivity contribution in [2.45, 2.75) is 12.8 Å². The SMILES string of the molecule is O=C(O)C1CCN(C(=O)Nc2ccc3nc(-c4ccc(F)cc4)oc3c2)CC1. The van der Waals surface area contributed by atoms with Crippen LogP contribution in [0.4, 0.5) is 14.9 Å². The number of aliphatic carboxylic acids is 1. The van der Waals surface area contributed by atoms with Crippen molar-refractivity contribution in [1.82, 2.24) is 9.88 Å². The number of hydrogen-bond acceptors (Lipinski definition) is 4. The van der Waals surface area contributed by atoms with Crippen LogP contribution in [0.2, 0.25) is 0 Å². The number of urea groups is 1. The molecular formula is C20H18FN3O4. The lowest BCUT2D eigenvalue weighted by atomic mass is 9.97. The van der Waals surface area contributed by atoms with Gasteiger partial charge >= 0.3 is 12.0 Å². The second-order valence-electron chi connectivity index (χ2n) is 6.74. The second kappa shape index (κ2) is 7.30. The van der Waals surface area contributed by atoms with E-state index in [1.165, 1.54) is 12.1 Å². The summed E-state index contributed by atoms with van der Waals surface area (Å²) in [6, 6.07) is 10.7. The van der Waals surface area contributed by atoms with Gasteiger partial charge in [-0.1, -0.05) is 0 Å². The second-order valence-corrected chi connectivity index (χ2v) is 6.74. The van der Waals surface area contributed by atoms with Crippen LogP contribution in [0.25, 0.3) is 22.6 Å². The van der Waals surface area contributed by atoms with Gasteiger partial charge in [-0.15, -0.1) is 0 Å². The van der Waals surface area contributed by atoms with Gasteiger partial charge in [-0.25, -0.2) is 14.2 Å². The van der Waals surface area contributed by atoms with Crippen molar-refractivity contribution in [1.29, 1.82) is 0 Å². The number of nitrogens with zero attached hydrogens (tertiary/aromatic N) is 2. The van der Waals surface area contributed by atoms with E-state index in [9.17, 15) is 14.0 Å². The molecule has 0 atom stereocenters. The number of nitrogens with one attached hydrogen (secondary N) is 1. The van der Waals surface area contributed by atoms with Crippen LogP contribution in [-0.4, -0.2) is 40.1 Å². The first-order chi connectivity index (χ1) is 13.5. The number of carboxylic acid groups (broad SMARTS) is 1. The molecule has 2 amide bonds. The van der Waals surface area contributed by atoms with Crippen molar-refractivity contribution < 1.29 is 23.5 Å². The number of aromatic nitrogens is 1. The van der Waals surface area contributed by atoms with E-state index in [4.69, 9.17) is 9.52 Å². The summed E-state index contributed by atoms with van der Waals surface area (Å²) in [5.41, 5.74) is 2.34. The molecule has 3 aromatic rings. The summed E-state index contributed by atoms with van der Waals surface area (Å²) in [7, 11) is 0. The number of hydrogen-bond donors (Lipinski definition) is 2. The van der Waals surface area contributed by atoms with Crippen molar-refractivity contribution >= 4 is 28.8 Å². The van der Waals surface area contributed by atoms with Gasteiger partial charge < -0.3 is 19.7 Å². The number of piperidine rings is 1. The van der Waals surface area contributed by atoms with Gasteiger partial charge in [0.1, 0.15) is 11.3 Å². The number of carboxylic acids is 1. The molecule has 0 unspecified atom stereocenters. The fourth-order valence-electron chi connectivity index (χ4n) is 3.25. The Balaban J connectivity index is 1.47. The zero-order valence-corrected chi connectivity index (χ0v) is 14.9. The Kier molecular flexibility index (Phi) is 4.68. The third-order valence-electron chi connectivity index (χ3n) is 4.86. The molecule has 2 aromatic carbocycles. The van der Waals surface area contributed by atoms with Crippen LogP contribution in [0, 0.1) is 11.7 Å². The Hall–Kier alpha value is -3.42. The maximum atomic E-state index is 13.1. The zero-order valence-electron chi connectivity index (χ0n) is 14.9. The largest absolute Gasteiger partial charge is 0.481 e. The molecular weight excluding hydrogens is 365 g/mol. The van der Waals surface area contributed by atoms with Crippen molar-refractivity contribution in [3.8, 4) is 11.5 Å². The predicted octanol–water partition coefficient (Wildman–Crippen LogP) is 3.96. The summed E-state index contributed by atoms with van der Waals surface area (Å²) >= 11 is 0.